The first kappa shape index (κ1) is 11.5. The first-order valence-corrected chi connectivity index (χ1v) is 7.00. The van der Waals surface area contributed by atoms with Crippen LogP contribution >= 0.6 is 27.7 Å². The van der Waals surface area contributed by atoms with Crippen molar-refractivity contribution in [1.82, 2.24) is 0 Å². The van der Waals surface area contributed by atoms with Gasteiger partial charge in [-0.15, -0.1) is 11.8 Å². The van der Waals surface area contributed by atoms with Crippen LogP contribution < -0.4 is 5.73 Å². The van der Waals surface area contributed by atoms with E-state index < -0.39 is 0 Å². The van der Waals surface area contributed by atoms with Crippen LogP contribution in [0.15, 0.2) is 33.6 Å². The monoisotopic (exact) mass is 285 g/mol. The van der Waals surface area contributed by atoms with E-state index in [4.69, 9.17) is 5.73 Å². The molecule has 82 valence electrons. The molecule has 1 saturated carbocycles. The van der Waals surface area contributed by atoms with Crippen LogP contribution in [0.3, 0.4) is 0 Å². The summed E-state index contributed by atoms with van der Waals surface area (Å²) in [5.74, 6) is 0. The molecule has 0 saturated heterocycles. The molecule has 0 heterocycles. The SMILES string of the molecule is NCC1(Sc2cccc(Br)c2)CCCC1. The summed E-state index contributed by atoms with van der Waals surface area (Å²) >= 11 is 5.46. The van der Waals surface area contributed by atoms with Crippen LogP contribution in [0.2, 0.25) is 0 Å². The van der Waals surface area contributed by atoms with E-state index in [0.29, 0.717) is 4.75 Å². The standard InChI is InChI=1S/C12H16BrNS/c13-10-4-3-5-11(8-10)15-12(9-14)6-1-2-7-12/h3-5,8H,1-2,6-7,9,14H2. The number of hydrogen-bond donors (Lipinski definition) is 1. The van der Waals surface area contributed by atoms with Gasteiger partial charge < -0.3 is 5.73 Å². The highest BCUT2D eigenvalue weighted by Gasteiger charge is 2.33. The molecule has 1 aromatic carbocycles. The zero-order valence-corrected chi connectivity index (χ0v) is 11.1. The second-order valence-electron chi connectivity index (χ2n) is 4.15. The van der Waals surface area contributed by atoms with Crippen LogP contribution in [0.4, 0.5) is 0 Å². The molecule has 2 N–H and O–H groups in total. The molecule has 1 aliphatic rings. The van der Waals surface area contributed by atoms with Gasteiger partial charge >= 0.3 is 0 Å². The highest BCUT2D eigenvalue weighted by atomic mass is 79.9. The van der Waals surface area contributed by atoms with Gasteiger partial charge in [-0.25, -0.2) is 0 Å². The Morgan fingerprint density at radius 2 is 2.07 bits per heavy atom. The summed E-state index contributed by atoms with van der Waals surface area (Å²) in [6, 6.07) is 8.50. The first-order valence-electron chi connectivity index (χ1n) is 5.39. The molecule has 2 rings (SSSR count). The Balaban J connectivity index is 2.12. The number of hydrogen-bond acceptors (Lipinski definition) is 2. The van der Waals surface area contributed by atoms with Crippen molar-refractivity contribution in [2.75, 3.05) is 6.54 Å². The van der Waals surface area contributed by atoms with Crippen molar-refractivity contribution >= 4 is 27.7 Å². The Morgan fingerprint density at radius 3 is 2.67 bits per heavy atom. The van der Waals surface area contributed by atoms with Gasteiger partial charge in [-0.1, -0.05) is 34.8 Å². The number of nitrogens with two attached hydrogens (primary N) is 1. The van der Waals surface area contributed by atoms with Gasteiger partial charge in [0.05, 0.1) is 0 Å². The van der Waals surface area contributed by atoms with Crippen LogP contribution in [0.25, 0.3) is 0 Å². The number of thioether (sulfide) groups is 1. The molecule has 0 aliphatic heterocycles. The summed E-state index contributed by atoms with van der Waals surface area (Å²) in [7, 11) is 0. The van der Waals surface area contributed by atoms with E-state index in [9.17, 15) is 0 Å². The quantitative estimate of drug-likeness (QED) is 0.914. The molecule has 15 heavy (non-hydrogen) atoms. The fraction of sp³-hybridized carbons (Fsp3) is 0.500. The maximum Gasteiger partial charge on any atom is 0.0329 e. The van der Waals surface area contributed by atoms with E-state index >= 15 is 0 Å². The third kappa shape index (κ3) is 2.77. The third-order valence-electron chi connectivity index (χ3n) is 3.02. The highest BCUT2D eigenvalue weighted by Crippen LogP contribution is 2.44. The van der Waals surface area contributed by atoms with E-state index in [2.05, 4.69) is 40.2 Å². The predicted octanol–water partition coefficient (Wildman–Crippen LogP) is 3.81. The molecule has 1 aliphatic carbocycles. The molecule has 0 radical (unpaired) electrons. The Labute approximate surface area is 104 Å². The summed E-state index contributed by atoms with van der Waals surface area (Å²) in [5.41, 5.74) is 5.92. The minimum atomic E-state index is 0.306. The Bertz CT molecular complexity index is 334. The van der Waals surface area contributed by atoms with Crippen LogP contribution in [-0.4, -0.2) is 11.3 Å². The molecule has 0 unspecified atom stereocenters. The maximum atomic E-state index is 5.92. The molecule has 1 nitrogen and oxygen atoms in total. The van der Waals surface area contributed by atoms with E-state index in [1.165, 1.54) is 30.6 Å². The minimum Gasteiger partial charge on any atom is -0.329 e. The normalized spacial score (nSPS) is 19.3. The lowest BCUT2D eigenvalue weighted by atomic mass is 10.1. The first-order chi connectivity index (χ1) is 7.24. The topological polar surface area (TPSA) is 26.0 Å². The largest absolute Gasteiger partial charge is 0.329 e. The fourth-order valence-corrected chi connectivity index (χ4v) is 4.11. The molecule has 0 bridgehead atoms. The molecule has 1 aromatic rings. The van der Waals surface area contributed by atoms with E-state index in [1.807, 2.05) is 11.8 Å². The van der Waals surface area contributed by atoms with Gasteiger partial charge in [0.2, 0.25) is 0 Å². The van der Waals surface area contributed by atoms with Crippen molar-refractivity contribution in [3.63, 3.8) is 0 Å². The van der Waals surface area contributed by atoms with Crippen LogP contribution in [0.1, 0.15) is 25.7 Å². The van der Waals surface area contributed by atoms with Crippen molar-refractivity contribution in [3.8, 4) is 0 Å². The van der Waals surface area contributed by atoms with Crippen LogP contribution in [0.5, 0.6) is 0 Å². The van der Waals surface area contributed by atoms with Gasteiger partial charge in [0.25, 0.3) is 0 Å². The predicted molar refractivity (Wildman–Crippen MR) is 70.3 cm³/mol. The number of rotatable bonds is 3. The van der Waals surface area contributed by atoms with Gasteiger partial charge in [0.15, 0.2) is 0 Å². The van der Waals surface area contributed by atoms with Gasteiger partial charge in [-0.05, 0) is 31.0 Å². The Morgan fingerprint density at radius 1 is 1.33 bits per heavy atom. The summed E-state index contributed by atoms with van der Waals surface area (Å²) in [5, 5.41) is 0. The maximum absolute atomic E-state index is 5.92. The molecular formula is C12H16BrNS. The van der Waals surface area contributed by atoms with Gasteiger partial charge in [0, 0.05) is 20.7 Å². The van der Waals surface area contributed by atoms with Crippen molar-refractivity contribution in [2.45, 2.75) is 35.3 Å². The van der Waals surface area contributed by atoms with Crippen molar-refractivity contribution in [3.05, 3.63) is 28.7 Å². The van der Waals surface area contributed by atoms with Crippen LogP contribution in [-0.2, 0) is 0 Å². The third-order valence-corrected chi connectivity index (χ3v) is 5.01. The molecule has 0 aromatic heterocycles. The molecule has 1 fully saturated rings. The van der Waals surface area contributed by atoms with E-state index in [0.717, 1.165) is 11.0 Å². The van der Waals surface area contributed by atoms with E-state index in [1.54, 1.807) is 0 Å². The molecular weight excluding hydrogens is 270 g/mol. The van der Waals surface area contributed by atoms with Crippen molar-refractivity contribution < 1.29 is 0 Å². The summed E-state index contributed by atoms with van der Waals surface area (Å²) in [6.45, 7) is 0.796. The lowest BCUT2D eigenvalue weighted by Gasteiger charge is -2.26. The lowest BCUT2D eigenvalue weighted by Crippen LogP contribution is -2.30. The Hall–Kier alpha value is 0.01000. The summed E-state index contributed by atoms with van der Waals surface area (Å²) in [6.07, 6.45) is 5.19. The number of benzene rings is 1. The molecule has 3 heteroatoms. The average molecular weight is 286 g/mol. The smallest absolute Gasteiger partial charge is 0.0329 e. The molecule has 0 atom stereocenters. The zero-order chi connectivity index (χ0) is 10.7. The zero-order valence-electron chi connectivity index (χ0n) is 8.71. The second-order valence-corrected chi connectivity index (χ2v) is 6.61. The minimum absolute atomic E-state index is 0.306. The van der Waals surface area contributed by atoms with Gasteiger partial charge in [0.1, 0.15) is 0 Å². The summed E-state index contributed by atoms with van der Waals surface area (Å²) < 4.78 is 1.46. The average Bonchev–Trinajstić information content (AvgIpc) is 2.67. The lowest BCUT2D eigenvalue weighted by molar-refractivity contribution is 0.619. The highest BCUT2D eigenvalue weighted by molar-refractivity contribution is 9.10. The van der Waals surface area contributed by atoms with E-state index in [-0.39, 0.29) is 0 Å². The molecule has 0 spiro atoms. The van der Waals surface area contributed by atoms with Gasteiger partial charge in [-0.2, -0.15) is 0 Å². The summed E-state index contributed by atoms with van der Waals surface area (Å²) in [4.78, 5) is 1.33. The van der Waals surface area contributed by atoms with Crippen LogP contribution in [0, 0.1) is 0 Å². The second kappa shape index (κ2) is 4.89. The molecule has 0 amide bonds. The number of halogens is 1. The van der Waals surface area contributed by atoms with Crippen molar-refractivity contribution in [2.24, 2.45) is 5.73 Å². The Kier molecular flexibility index (Phi) is 3.75. The van der Waals surface area contributed by atoms with Crippen molar-refractivity contribution in [1.29, 1.82) is 0 Å². The fourth-order valence-electron chi connectivity index (χ4n) is 2.15. The van der Waals surface area contributed by atoms with Gasteiger partial charge in [-0.3, -0.25) is 0 Å².